The highest BCUT2D eigenvalue weighted by Gasteiger charge is 2.41. The highest BCUT2D eigenvalue weighted by Crippen LogP contribution is 2.31. The fourth-order valence-corrected chi connectivity index (χ4v) is 3.14. The molecule has 0 N–H and O–H groups in total. The molecule has 2 aliphatic heterocycles. The van der Waals surface area contributed by atoms with Crippen molar-refractivity contribution in [3.05, 3.63) is 28.7 Å². The van der Waals surface area contributed by atoms with Crippen molar-refractivity contribution in [3.8, 4) is 5.75 Å². The zero-order valence-corrected chi connectivity index (χ0v) is 14.2. The van der Waals surface area contributed by atoms with Gasteiger partial charge < -0.3 is 19.1 Å². The first-order valence-electron chi connectivity index (χ1n) is 7.57. The number of benzene rings is 1. The summed E-state index contributed by atoms with van der Waals surface area (Å²) in [5.41, 5.74) is 0. The van der Waals surface area contributed by atoms with Gasteiger partial charge in [-0.1, -0.05) is 15.9 Å². The molecule has 1 spiro atoms. The number of halogens is 1. The SMILES string of the molecule is CC(Oc1ccc(Br)cc1)C(=O)N1CCC2(CC1)OCCO2. The van der Waals surface area contributed by atoms with Crippen LogP contribution in [0, 0.1) is 0 Å². The fourth-order valence-electron chi connectivity index (χ4n) is 2.88. The molecule has 3 rings (SSSR count). The standard InChI is InChI=1S/C16H20BrNO4/c1-12(22-14-4-2-13(17)3-5-14)15(19)18-8-6-16(7-9-18)20-10-11-21-16/h2-5,12H,6-11H2,1H3. The highest BCUT2D eigenvalue weighted by molar-refractivity contribution is 9.10. The first-order valence-corrected chi connectivity index (χ1v) is 8.36. The summed E-state index contributed by atoms with van der Waals surface area (Å²) in [5, 5.41) is 0. The molecule has 6 heteroatoms. The van der Waals surface area contributed by atoms with Crippen LogP contribution in [0.25, 0.3) is 0 Å². The van der Waals surface area contributed by atoms with Crippen LogP contribution in [0.3, 0.4) is 0 Å². The Kier molecular flexibility index (Phi) is 4.70. The molecule has 1 amide bonds. The van der Waals surface area contributed by atoms with E-state index in [2.05, 4.69) is 15.9 Å². The zero-order chi connectivity index (χ0) is 15.6. The summed E-state index contributed by atoms with van der Waals surface area (Å²) < 4.78 is 18.1. The van der Waals surface area contributed by atoms with Gasteiger partial charge in [0.1, 0.15) is 5.75 Å². The van der Waals surface area contributed by atoms with Gasteiger partial charge in [0, 0.05) is 30.4 Å². The van der Waals surface area contributed by atoms with Gasteiger partial charge in [0.25, 0.3) is 5.91 Å². The Bertz CT molecular complexity index is 517. The van der Waals surface area contributed by atoms with Crippen molar-refractivity contribution in [2.24, 2.45) is 0 Å². The zero-order valence-electron chi connectivity index (χ0n) is 12.6. The number of amides is 1. The molecule has 2 heterocycles. The molecule has 1 aromatic rings. The van der Waals surface area contributed by atoms with E-state index in [9.17, 15) is 4.79 Å². The lowest BCUT2D eigenvalue weighted by Crippen LogP contribution is -2.50. The van der Waals surface area contributed by atoms with E-state index in [1.54, 1.807) is 6.92 Å². The molecular formula is C16H20BrNO4. The Balaban J connectivity index is 1.54. The number of rotatable bonds is 3. The molecule has 1 atom stereocenters. The summed E-state index contributed by atoms with van der Waals surface area (Å²) in [4.78, 5) is 14.3. The molecule has 0 radical (unpaired) electrons. The van der Waals surface area contributed by atoms with Crippen molar-refractivity contribution in [3.63, 3.8) is 0 Å². The average Bonchev–Trinajstić information content (AvgIpc) is 2.98. The largest absolute Gasteiger partial charge is 0.481 e. The summed E-state index contributed by atoms with van der Waals surface area (Å²) in [6.45, 7) is 4.38. The van der Waals surface area contributed by atoms with Gasteiger partial charge in [-0.05, 0) is 31.2 Å². The lowest BCUT2D eigenvalue weighted by atomic mass is 10.0. The van der Waals surface area contributed by atoms with E-state index < -0.39 is 11.9 Å². The monoisotopic (exact) mass is 369 g/mol. The van der Waals surface area contributed by atoms with E-state index in [1.165, 1.54) is 0 Å². The molecule has 0 aromatic heterocycles. The van der Waals surface area contributed by atoms with Gasteiger partial charge in [-0.15, -0.1) is 0 Å². The van der Waals surface area contributed by atoms with Crippen molar-refractivity contribution < 1.29 is 19.0 Å². The van der Waals surface area contributed by atoms with Gasteiger partial charge >= 0.3 is 0 Å². The minimum Gasteiger partial charge on any atom is -0.481 e. The van der Waals surface area contributed by atoms with Gasteiger partial charge in [0.15, 0.2) is 11.9 Å². The van der Waals surface area contributed by atoms with E-state index >= 15 is 0 Å². The minimum atomic E-state index is -0.499. The molecule has 0 aliphatic carbocycles. The molecule has 120 valence electrons. The fraction of sp³-hybridized carbons (Fsp3) is 0.562. The highest BCUT2D eigenvalue weighted by atomic mass is 79.9. The van der Waals surface area contributed by atoms with E-state index in [-0.39, 0.29) is 5.91 Å². The molecule has 5 nitrogen and oxygen atoms in total. The summed E-state index contributed by atoms with van der Waals surface area (Å²) in [5.74, 6) is 0.253. The normalized spacial score (nSPS) is 21.8. The van der Waals surface area contributed by atoms with E-state index in [1.807, 2.05) is 29.2 Å². The van der Waals surface area contributed by atoms with Crippen LogP contribution in [0.2, 0.25) is 0 Å². The predicted molar refractivity (Wildman–Crippen MR) is 84.7 cm³/mol. The molecule has 2 fully saturated rings. The number of nitrogens with zero attached hydrogens (tertiary/aromatic N) is 1. The molecule has 1 aromatic carbocycles. The van der Waals surface area contributed by atoms with Crippen molar-refractivity contribution in [2.75, 3.05) is 26.3 Å². The molecule has 22 heavy (non-hydrogen) atoms. The maximum atomic E-state index is 12.5. The van der Waals surface area contributed by atoms with Gasteiger partial charge in [0.2, 0.25) is 0 Å². The van der Waals surface area contributed by atoms with Crippen molar-refractivity contribution in [1.29, 1.82) is 0 Å². The molecule has 0 bridgehead atoms. The Morgan fingerprint density at radius 3 is 2.41 bits per heavy atom. The van der Waals surface area contributed by atoms with E-state index in [4.69, 9.17) is 14.2 Å². The first kappa shape index (κ1) is 15.8. The summed E-state index contributed by atoms with van der Waals surface area (Å²) >= 11 is 3.38. The lowest BCUT2D eigenvalue weighted by Gasteiger charge is -2.38. The second-order valence-electron chi connectivity index (χ2n) is 5.65. The van der Waals surface area contributed by atoms with Crippen molar-refractivity contribution in [2.45, 2.75) is 31.7 Å². The molecular weight excluding hydrogens is 350 g/mol. The average molecular weight is 370 g/mol. The van der Waals surface area contributed by atoms with Crippen LogP contribution in [0.15, 0.2) is 28.7 Å². The quantitative estimate of drug-likeness (QED) is 0.821. The van der Waals surface area contributed by atoms with Crippen molar-refractivity contribution >= 4 is 21.8 Å². The maximum absolute atomic E-state index is 12.5. The number of hydrogen-bond donors (Lipinski definition) is 0. The number of carbonyl (C=O) groups excluding carboxylic acids is 1. The molecule has 2 aliphatic rings. The van der Waals surface area contributed by atoms with Gasteiger partial charge in [0.05, 0.1) is 13.2 Å². The maximum Gasteiger partial charge on any atom is 0.263 e. The van der Waals surface area contributed by atoms with Crippen LogP contribution in [-0.4, -0.2) is 49.0 Å². The van der Waals surface area contributed by atoms with Crippen LogP contribution in [0.4, 0.5) is 0 Å². The lowest BCUT2D eigenvalue weighted by molar-refractivity contribution is -0.188. The summed E-state index contributed by atoms with van der Waals surface area (Å²) in [7, 11) is 0. The summed E-state index contributed by atoms with van der Waals surface area (Å²) in [6.07, 6.45) is 0.952. The number of hydrogen-bond acceptors (Lipinski definition) is 4. The number of ether oxygens (including phenoxy) is 3. The second-order valence-corrected chi connectivity index (χ2v) is 6.56. The second kappa shape index (κ2) is 6.56. The van der Waals surface area contributed by atoms with Crippen LogP contribution in [-0.2, 0) is 14.3 Å². The third kappa shape index (κ3) is 3.45. The molecule has 1 unspecified atom stereocenters. The van der Waals surface area contributed by atoms with Gasteiger partial charge in [-0.2, -0.15) is 0 Å². The molecule has 2 saturated heterocycles. The Morgan fingerprint density at radius 2 is 1.82 bits per heavy atom. The number of carbonyl (C=O) groups is 1. The van der Waals surface area contributed by atoms with Crippen LogP contribution >= 0.6 is 15.9 Å². The smallest absolute Gasteiger partial charge is 0.263 e. The van der Waals surface area contributed by atoms with E-state index in [0.717, 1.165) is 17.3 Å². The van der Waals surface area contributed by atoms with E-state index in [0.29, 0.717) is 32.1 Å². The number of piperidine rings is 1. The van der Waals surface area contributed by atoms with Crippen LogP contribution in [0.1, 0.15) is 19.8 Å². The van der Waals surface area contributed by atoms with Crippen LogP contribution < -0.4 is 4.74 Å². The third-order valence-corrected chi connectivity index (χ3v) is 4.65. The van der Waals surface area contributed by atoms with Gasteiger partial charge in [-0.3, -0.25) is 4.79 Å². The van der Waals surface area contributed by atoms with Gasteiger partial charge in [-0.25, -0.2) is 0 Å². The first-order chi connectivity index (χ1) is 10.6. The number of likely N-dealkylation sites (tertiary alicyclic amines) is 1. The predicted octanol–water partition coefficient (Wildman–Crippen LogP) is 2.58. The Morgan fingerprint density at radius 1 is 1.23 bits per heavy atom. The topological polar surface area (TPSA) is 48.0 Å². The Labute approximate surface area is 138 Å². The van der Waals surface area contributed by atoms with Crippen molar-refractivity contribution in [1.82, 2.24) is 4.90 Å². The third-order valence-electron chi connectivity index (χ3n) is 4.12. The molecule has 0 saturated carbocycles. The van der Waals surface area contributed by atoms with Crippen LogP contribution in [0.5, 0.6) is 5.75 Å². The Hall–Kier alpha value is -1.11. The summed E-state index contributed by atoms with van der Waals surface area (Å²) in [6, 6.07) is 7.48. The minimum absolute atomic E-state index is 0.00997.